The fourth-order valence-corrected chi connectivity index (χ4v) is 1.66. The Morgan fingerprint density at radius 3 is 2.61 bits per heavy atom. The number of esters is 2. The molecule has 0 unspecified atom stereocenters. The van der Waals surface area contributed by atoms with Crippen molar-refractivity contribution in [1.82, 2.24) is 0 Å². The minimum Gasteiger partial charge on any atom is -0.418 e. The van der Waals surface area contributed by atoms with Gasteiger partial charge in [0.15, 0.2) is 0 Å². The topological polar surface area (TPSA) is 52.6 Å². The van der Waals surface area contributed by atoms with Gasteiger partial charge >= 0.3 is 11.9 Å². The van der Waals surface area contributed by atoms with Gasteiger partial charge in [0.1, 0.15) is 0 Å². The number of carbonyl (C=O) groups is 2. The maximum Gasteiger partial charge on any atom is 0.341 e. The zero-order valence-corrected chi connectivity index (χ0v) is 10.8. The standard InChI is InChI=1S/C12H8Cl2O4/c1-6-4-10(17-11(6)15)18-12(16)7-2-3-8(13)9(14)5-7/h2-5,10H,1H3/t10-/m0/s1. The number of cyclic esters (lactones) is 1. The molecular formula is C12H8Cl2O4. The van der Waals surface area contributed by atoms with Crippen LogP contribution in [-0.4, -0.2) is 18.2 Å². The van der Waals surface area contributed by atoms with Gasteiger partial charge in [-0.3, -0.25) is 0 Å². The third-order valence-corrected chi connectivity index (χ3v) is 3.05. The van der Waals surface area contributed by atoms with Crippen LogP contribution in [0, 0.1) is 0 Å². The number of hydrogen-bond donors (Lipinski definition) is 0. The summed E-state index contributed by atoms with van der Waals surface area (Å²) in [7, 11) is 0. The van der Waals surface area contributed by atoms with Crippen LogP contribution in [-0.2, 0) is 14.3 Å². The first-order chi connectivity index (χ1) is 8.47. The van der Waals surface area contributed by atoms with Crippen LogP contribution in [0.15, 0.2) is 29.8 Å². The predicted octanol–water partition coefficient (Wildman–Crippen LogP) is 2.98. The van der Waals surface area contributed by atoms with E-state index < -0.39 is 18.2 Å². The molecule has 1 aliphatic heterocycles. The van der Waals surface area contributed by atoms with Crippen molar-refractivity contribution in [2.75, 3.05) is 0 Å². The molecule has 0 aliphatic carbocycles. The van der Waals surface area contributed by atoms with E-state index in [9.17, 15) is 9.59 Å². The summed E-state index contributed by atoms with van der Waals surface area (Å²) >= 11 is 11.5. The largest absolute Gasteiger partial charge is 0.418 e. The number of hydrogen-bond acceptors (Lipinski definition) is 4. The van der Waals surface area contributed by atoms with Crippen LogP contribution in [0.3, 0.4) is 0 Å². The summed E-state index contributed by atoms with van der Waals surface area (Å²) in [6.07, 6.45) is 0.442. The number of ether oxygens (including phenoxy) is 2. The van der Waals surface area contributed by atoms with Crippen molar-refractivity contribution in [2.45, 2.75) is 13.2 Å². The molecule has 0 aromatic heterocycles. The first-order valence-corrected chi connectivity index (χ1v) is 5.78. The second-order valence-electron chi connectivity index (χ2n) is 3.66. The van der Waals surface area contributed by atoms with E-state index in [1.54, 1.807) is 6.92 Å². The van der Waals surface area contributed by atoms with Crippen molar-refractivity contribution in [3.05, 3.63) is 45.5 Å². The normalized spacial score (nSPS) is 18.3. The summed E-state index contributed by atoms with van der Waals surface area (Å²) in [5, 5.41) is 0.595. The zero-order chi connectivity index (χ0) is 13.3. The Kier molecular flexibility index (Phi) is 3.59. The second-order valence-corrected chi connectivity index (χ2v) is 4.47. The lowest BCUT2D eigenvalue weighted by Crippen LogP contribution is -2.17. The fraction of sp³-hybridized carbons (Fsp3) is 0.167. The molecule has 18 heavy (non-hydrogen) atoms. The van der Waals surface area contributed by atoms with Crippen molar-refractivity contribution >= 4 is 35.1 Å². The Morgan fingerprint density at radius 1 is 1.33 bits per heavy atom. The fourth-order valence-electron chi connectivity index (χ4n) is 1.36. The number of halogens is 2. The van der Waals surface area contributed by atoms with E-state index in [2.05, 4.69) is 0 Å². The molecule has 0 radical (unpaired) electrons. The Morgan fingerprint density at radius 2 is 2.06 bits per heavy atom. The van der Waals surface area contributed by atoms with Crippen LogP contribution in [0.25, 0.3) is 0 Å². The van der Waals surface area contributed by atoms with Crippen LogP contribution in [0.5, 0.6) is 0 Å². The lowest BCUT2D eigenvalue weighted by Gasteiger charge is -2.10. The van der Waals surface area contributed by atoms with Gasteiger partial charge in [-0.15, -0.1) is 0 Å². The number of benzene rings is 1. The molecule has 0 saturated carbocycles. The summed E-state index contributed by atoms with van der Waals surface area (Å²) < 4.78 is 9.76. The van der Waals surface area contributed by atoms with E-state index in [1.807, 2.05) is 0 Å². The third kappa shape index (κ3) is 2.66. The smallest absolute Gasteiger partial charge is 0.341 e. The van der Waals surface area contributed by atoms with Gasteiger partial charge in [-0.25, -0.2) is 9.59 Å². The number of rotatable bonds is 2. The zero-order valence-electron chi connectivity index (χ0n) is 9.28. The minimum atomic E-state index is -0.987. The SMILES string of the molecule is CC1=C[C@H](OC(=O)c2ccc(Cl)c(Cl)c2)OC1=O. The van der Waals surface area contributed by atoms with Crippen LogP contribution < -0.4 is 0 Å². The Hall–Kier alpha value is -1.52. The Bertz CT molecular complexity index is 551. The summed E-state index contributed by atoms with van der Waals surface area (Å²) in [6.45, 7) is 1.58. The van der Waals surface area contributed by atoms with Crippen LogP contribution in [0.2, 0.25) is 10.0 Å². The van der Waals surface area contributed by atoms with E-state index in [0.717, 1.165) is 0 Å². The van der Waals surface area contributed by atoms with Crippen molar-refractivity contribution in [2.24, 2.45) is 0 Å². The van der Waals surface area contributed by atoms with E-state index in [-0.39, 0.29) is 10.6 Å². The molecule has 0 bridgehead atoms. The average Bonchev–Trinajstić information content (AvgIpc) is 2.61. The Balaban J connectivity index is 2.09. The molecular weight excluding hydrogens is 279 g/mol. The van der Waals surface area contributed by atoms with Crippen LogP contribution in [0.1, 0.15) is 17.3 Å². The summed E-state index contributed by atoms with van der Waals surface area (Å²) in [5.41, 5.74) is 0.639. The van der Waals surface area contributed by atoms with Gasteiger partial charge in [0.05, 0.1) is 15.6 Å². The summed E-state index contributed by atoms with van der Waals surface area (Å²) in [4.78, 5) is 22.8. The monoisotopic (exact) mass is 286 g/mol. The van der Waals surface area contributed by atoms with Gasteiger partial charge in [-0.2, -0.15) is 0 Å². The lowest BCUT2D eigenvalue weighted by atomic mass is 10.2. The molecule has 4 nitrogen and oxygen atoms in total. The molecule has 0 amide bonds. The van der Waals surface area contributed by atoms with Crippen molar-refractivity contribution in [3.8, 4) is 0 Å². The molecule has 94 valence electrons. The quantitative estimate of drug-likeness (QED) is 0.785. The van der Waals surface area contributed by atoms with Gasteiger partial charge in [0, 0.05) is 11.6 Å². The molecule has 0 fully saturated rings. The molecule has 1 aromatic carbocycles. The molecule has 0 spiro atoms. The van der Waals surface area contributed by atoms with Crippen molar-refractivity contribution < 1.29 is 19.1 Å². The lowest BCUT2D eigenvalue weighted by molar-refractivity contribution is -0.151. The maximum atomic E-state index is 11.7. The Labute approximate surface area is 113 Å². The second kappa shape index (κ2) is 5.00. The van der Waals surface area contributed by atoms with Gasteiger partial charge in [-0.05, 0) is 25.1 Å². The molecule has 1 aliphatic rings. The molecule has 6 heteroatoms. The summed E-state index contributed by atoms with van der Waals surface area (Å²) in [6, 6.07) is 4.35. The first-order valence-electron chi connectivity index (χ1n) is 5.03. The first kappa shape index (κ1) is 12.9. The van der Waals surface area contributed by atoms with E-state index in [0.29, 0.717) is 10.6 Å². The molecule has 1 atom stereocenters. The molecule has 0 N–H and O–H groups in total. The maximum absolute atomic E-state index is 11.7. The van der Waals surface area contributed by atoms with E-state index in [1.165, 1.54) is 24.3 Å². The highest BCUT2D eigenvalue weighted by Gasteiger charge is 2.25. The molecule has 0 saturated heterocycles. The predicted molar refractivity (Wildman–Crippen MR) is 65.5 cm³/mol. The van der Waals surface area contributed by atoms with Crippen LogP contribution >= 0.6 is 23.2 Å². The highest BCUT2D eigenvalue weighted by molar-refractivity contribution is 6.42. The molecule has 2 rings (SSSR count). The highest BCUT2D eigenvalue weighted by atomic mass is 35.5. The van der Waals surface area contributed by atoms with Crippen molar-refractivity contribution in [3.63, 3.8) is 0 Å². The third-order valence-electron chi connectivity index (χ3n) is 2.31. The minimum absolute atomic E-state index is 0.235. The average molecular weight is 287 g/mol. The van der Waals surface area contributed by atoms with Gasteiger partial charge in [0.25, 0.3) is 6.29 Å². The summed E-state index contributed by atoms with van der Waals surface area (Å²) in [5.74, 6) is -1.14. The van der Waals surface area contributed by atoms with Crippen molar-refractivity contribution in [1.29, 1.82) is 0 Å². The van der Waals surface area contributed by atoms with Gasteiger partial charge in [-0.1, -0.05) is 23.2 Å². The van der Waals surface area contributed by atoms with Crippen LogP contribution in [0.4, 0.5) is 0 Å². The van der Waals surface area contributed by atoms with Gasteiger partial charge < -0.3 is 9.47 Å². The molecule has 1 aromatic rings. The van der Waals surface area contributed by atoms with E-state index in [4.69, 9.17) is 32.7 Å². The highest BCUT2D eigenvalue weighted by Crippen LogP contribution is 2.23. The van der Waals surface area contributed by atoms with Gasteiger partial charge in [0.2, 0.25) is 0 Å². The van der Waals surface area contributed by atoms with E-state index >= 15 is 0 Å². The number of carbonyl (C=O) groups excluding carboxylic acids is 2. The molecule has 1 heterocycles.